The van der Waals surface area contributed by atoms with Crippen LogP contribution >= 0.6 is 0 Å². The molecule has 1 aromatic carbocycles. The number of aromatic nitrogens is 4. The summed E-state index contributed by atoms with van der Waals surface area (Å²) in [5.41, 5.74) is 3.30. The summed E-state index contributed by atoms with van der Waals surface area (Å²) in [5.74, 6) is 0.481. The molecule has 0 atom stereocenters. The summed E-state index contributed by atoms with van der Waals surface area (Å²) in [7, 11) is 1.88. The molecule has 0 unspecified atom stereocenters. The summed E-state index contributed by atoms with van der Waals surface area (Å²) >= 11 is 0. The first kappa shape index (κ1) is 19.2. The summed E-state index contributed by atoms with van der Waals surface area (Å²) in [6.45, 7) is 2.16. The molecule has 158 valence electrons. The van der Waals surface area contributed by atoms with E-state index in [4.69, 9.17) is 0 Å². The molecule has 2 N–H and O–H groups in total. The van der Waals surface area contributed by atoms with Gasteiger partial charge in [-0.2, -0.15) is 10.2 Å². The van der Waals surface area contributed by atoms with Gasteiger partial charge in [-0.3, -0.25) is 19.5 Å². The molecular formula is C22H27FN6O. The molecule has 2 aliphatic rings. The molecule has 1 saturated heterocycles. The maximum Gasteiger partial charge on any atom is 0.272 e. The van der Waals surface area contributed by atoms with Gasteiger partial charge in [-0.15, -0.1) is 0 Å². The van der Waals surface area contributed by atoms with Crippen molar-refractivity contribution in [1.29, 1.82) is 0 Å². The number of H-pyrrole nitrogens is 1. The van der Waals surface area contributed by atoms with E-state index < -0.39 is 6.17 Å². The minimum absolute atomic E-state index is 0.129. The van der Waals surface area contributed by atoms with Gasteiger partial charge in [-0.25, -0.2) is 4.39 Å². The Hall–Kier alpha value is -2.74. The lowest BCUT2D eigenvalue weighted by molar-refractivity contribution is 0.0440. The summed E-state index contributed by atoms with van der Waals surface area (Å²) in [4.78, 5) is 15.1. The molecule has 0 radical (unpaired) electrons. The molecule has 5 rings (SSSR count). The summed E-state index contributed by atoms with van der Waals surface area (Å²) < 4.78 is 14.8. The molecule has 8 heteroatoms. The minimum Gasteiger partial charge on any atom is -0.348 e. The van der Waals surface area contributed by atoms with Gasteiger partial charge in [0.15, 0.2) is 5.69 Å². The Balaban J connectivity index is 1.23. The number of likely N-dealkylation sites (tertiary alicyclic amines) is 1. The van der Waals surface area contributed by atoms with E-state index in [1.54, 1.807) is 4.68 Å². The number of carbonyl (C=O) groups is 1. The van der Waals surface area contributed by atoms with E-state index in [1.165, 1.54) is 0 Å². The van der Waals surface area contributed by atoms with Crippen molar-refractivity contribution in [2.75, 3.05) is 19.6 Å². The van der Waals surface area contributed by atoms with Gasteiger partial charge in [0, 0.05) is 49.9 Å². The van der Waals surface area contributed by atoms with Gasteiger partial charge < -0.3 is 5.32 Å². The SMILES string of the molecule is Cn1cc(-c2ccc3[nH]nc(C(=O)N[C@H]4CC[C@H](CN5CC(F)C5)CC4)c3c2)cn1. The minimum atomic E-state index is -0.636. The normalized spacial score (nSPS) is 22.9. The van der Waals surface area contributed by atoms with Gasteiger partial charge in [0.25, 0.3) is 5.91 Å². The molecular weight excluding hydrogens is 383 g/mol. The number of fused-ring (bicyclic) bond motifs is 1. The molecule has 1 aliphatic heterocycles. The number of carbonyl (C=O) groups excluding carboxylic acids is 1. The number of hydrogen-bond acceptors (Lipinski definition) is 4. The largest absolute Gasteiger partial charge is 0.348 e. The van der Waals surface area contributed by atoms with Crippen molar-refractivity contribution in [2.45, 2.75) is 37.9 Å². The van der Waals surface area contributed by atoms with Gasteiger partial charge in [0.05, 0.1) is 11.7 Å². The molecule has 30 heavy (non-hydrogen) atoms. The molecule has 1 saturated carbocycles. The number of benzene rings is 1. The average molecular weight is 410 g/mol. The molecule has 2 aromatic heterocycles. The van der Waals surface area contributed by atoms with Crippen molar-refractivity contribution in [2.24, 2.45) is 13.0 Å². The third kappa shape index (κ3) is 3.84. The Kier molecular flexibility index (Phi) is 5.02. The quantitative estimate of drug-likeness (QED) is 0.678. The van der Waals surface area contributed by atoms with Crippen LogP contribution in [0.25, 0.3) is 22.0 Å². The number of aryl methyl sites for hydroxylation is 1. The second-order valence-electron chi connectivity index (χ2n) is 8.74. The summed E-state index contributed by atoms with van der Waals surface area (Å²) in [5, 5.41) is 15.5. The van der Waals surface area contributed by atoms with Crippen molar-refractivity contribution in [3.63, 3.8) is 0 Å². The highest BCUT2D eigenvalue weighted by Crippen LogP contribution is 2.28. The number of halogens is 1. The number of nitrogens with one attached hydrogen (secondary N) is 2. The zero-order valence-corrected chi connectivity index (χ0v) is 17.1. The van der Waals surface area contributed by atoms with E-state index in [1.807, 2.05) is 37.6 Å². The lowest BCUT2D eigenvalue weighted by Gasteiger charge is -2.39. The molecule has 2 fully saturated rings. The third-order valence-electron chi connectivity index (χ3n) is 6.43. The number of hydrogen-bond donors (Lipinski definition) is 2. The zero-order chi connectivity index (χ0) is 20.7. The van der Waals surface area contributed by atoms with Crippen LogP contribution in [0, 0.1) is 5.92 Å². The lowest BCUT2D eigenvalue weighted by atomic mass is 9.85. The van der Waals surface area contributed by atoms with E-state index in [-0.39, 0.29) is 11.9 Å². The van der Waals surface area contributed by atoms with Crippen LogP contribution < -0.4 is 5.32 Å². The van der Waals surface area contributed by atoms with Gasteiger partial charge in [0.1, 0.15) is 6.17 Å². The van der Waals surface area contributed by atoms with Gasteiger partial charge >= 0.3 is 0 Å². The molecule has 1 aliphatic carbocycles. The van der Waals surface area contributed by atoms with Crippen molar-refractivity contribution in [3.05, 3.63) is 36.3 Å². The fourth-order valence-corrected chi connectivity index (χ4v) is 4.70. The van der Waals surface area contributed by atoms with Crippen LogP contribution in [0.1, 0.15) is 36.2 Å². The first-order chi connectivity index (χ1) is 14.5. The Morgan fingerprint density at radius 1 is 1.23 bits per heavy atom. The monoisotopic (exact) mass is 410 g/mol. The van der Waals surface area contributed by atoms with Crippen LogP contribution in [0.2, 0.25) is 0 Å². The van der Waals surface area contributed by atoms with E-state index >= 15 is 0 Å². The van der Waals surface area contributed by atoms with E-state index in [0.29, 0.717) is 24.7 Å². The van der Waals surface area contributed by atoms with Crippen LogP contribution in [0.15, 0.2) is 30.6 Å². The second kappa shape index (κ2) is 7.83. The van der Waals surface area contributed by atoms with Crippen molar-refractivity contribution in [3.8, 4) is 11.1 Å². The highest BCUT2D eigenvalue weighted by atomic mass is 19.1. The predicted octanol–water partition coefficient (Wildman–Crippen LogP) is 2.91. The average Bonchev–Trinajstić information content (AvgIpc) is 3.34. The van der Waals surface area contributed by atoms with Crippen LogP contribution in [-0.2, 0) is 7.05 Å². The molecule has 3 heterocycles. The van der Waals surface area contributed by atoms with E-state index in [9.17, 15) is 9.18 Å². The predicted molar refractivity (Wildman–Crippen MR) is 113 cm³/mol. The molecule has 3 aromatic rings. The molecule has 1 amide bonds. The number of aromatic amines is 1. The Labute approximate surface area is 174 Å². The molecule has 0 spiro atoms. The van der Waals surface area contributed by atoms with Crippen LogP contribution in [0.5, 0.6) is 0 Å². The standard InChI is InChI=1S/C22H27FN6O/c1-28-11-16(9-24-28)15-4-7-20-19(8-15)21(27-26-20)22(30)25-18-5-2-14(3-6-18)10-29-12-17(23)13-29/h4,7-9,11,14,17-18H,2-3,5-6,10,12-13H2,1H3,(H,25,30)(H,26,27)/t14-,18-. The lowest BCUT2D eigenvalue weighted by Crippen LogP contribution is -2.50. The third-order valence-corrected chi connectivity index (χ3v) is 6.43. The summed E-state index contributed by atoms with van der Waals surface area (Å²) in [6.07, 6.45) is 7.21. The Bertz CT molecular complexity index is 1050. The first-order valence-corrected chi connectivity index (χ1v) is 10.7. The van der Waals surface area contributed by atoms with Crippen LogP contribution in [0.4, 0.5) is 4.39 Å². The zero-order valence-electron chi connectivity index (χ0n) is 17.1. The van der Waals surface area contributed by atoms with Gasteiger partial charge in [-0.1, -0.05) is 6.07 Å². The maximum absolute atomic E-state index is 13.0. The number of nitrogens with zero attached hydrogens (tertiary/aromatic N) is 4. The van der Waals surface area contributed by atoms with Gasteiger partial charge in [0.2, 0.25) is 0 Å². The van der Waals surface area contributed by atoms with E-state index in [0.717, 1.165) is 54.3 Å². The molecule has 7 nitrogen and oxygen atoms in total. The Morgan fingerprint density at radius 3 is 2.73 bits per heavy atom. The van der Waals surface area contributed by atoms with Crippen LogP contribution in [-0.4, -0.2) is 62.6 Å². The topological polar surface area (TPSA) is 78.8 Å². The highest BCUT2D eigenvalue weighted by molar-refractivity contribution is 6.05. The number of rotatable bonds is 5. The van der Waals surface area contributed by atoms with Crippen molar-refractivity contribution >= 4 is 16.8 Å². The smallest absolute Gasteiger partial charge is 0.272 e. The highest BCUT2D eigenvalue weighted by Gasteiger charge is 2.30. The van der Waals surface area contributed by atoms with Gasteiger partial charge in [-0.05, 0) is 49.3 Å². The second-order valence-corrected chi connectivity index (χ2v) is 8.74. The van der Waals surface area contributed by atoms with Crippen LogP contribution in [0.3, 0.4) is 0 Å². The van der Waals surface area contributed by atoms with Crippen molar-refractivity contribution in [1.82, 2.24) is 30.2 Å². The first-order valence-electron chi connectivity index (χ1n) is 10.7. The number of amides is 1. The molecule has 0 bridgehead atoms. The van der Waals surface area contributed by atoms with E-state index in [2.05, 4.69) is 25.5 Å². The number of alkyl halides is 1. The maximum atomic E-state index is 13.0. The van der Waals surface area contributed by atoms with Crippen molar-refractivity contribution < 1.29 is 9.18 Å². The fraction of sp³-hybridized carbons (Fsp3) is 0.500. The fourth-order valence-electron chi connectivity index (χ4n) is 4.70. The Morgan fingerprint density at radius 2 is 2.03 bits per heavy atom. The summed E-state index contributed by atoms with van der Waals surface area (Å²) in [6, 6.07) is 6.12.